The molecular weight excluding hydrogens is 374 g/mol. The van der Waals surface area contributed by atoms with Crippen molar-refractivity contribution in [3.8, 4) is 28.7 Å². The lowest BCUT2D eigenvalue weighted by molar-refractivity contribution is 0.0735. The fourth-order valence-corrected chi connectivity index (χ4v) is 4.03. The van der Waals surface area contributed by atoms with Crippen LogP contribution in [0.2, 0.25) is 0 Å². The van der Waals surface area contributed by atoms with E-state index in [0.29, 0.717) is 22.8 Å². The minimum atomic E-state index is -0.0347. The molecule has 0 aromatic heterocycles. The predicted molar refractivity (Wildman–Crippen MR) is 106 cm³/mol. The van der Waals surface area contributed by atoms with Gasteiger partial charge in [-0.05, 0) is 49.1 Å². The van der Waals surface area contributed by atoms with E-state index in [1.807, 2.05) is 23.1 Å². The quantitative estimate of drug-likeness (QED) is 0.743. The van der Waals surface area contributed by atoms with Gasteiger partial charge >= 0.3 is 0 Å². The molecule has 1 fully saturated rings. The smallest absolute Gasteiger partial charge is 0.254 e. The lowest BCUT2D eigenvalue weighted by Gasteiger charge is -2.25. The van der Waals surface area contributed by atoms with Gasteiger partial charge in [-0.15, -0.1) is 0 Å². The molecule has 2 aromatic carbocycles. The monoisotopic (exact) mass is 399 g/mol. The number of benzene rings is 2. The van der Waals surface area contributed by atoms with Gasteiger partial charge < -0.3 is 28.6 Å². The fourth-order valence-electron chi connectivity index (χ4n) is 4.03. The van der Waals surface area contributed by atoms with Gasteiger partial charge in [-0.3, -0.25) is 4.79 Å². The summed E-state index contributed by atoms with van der Waals surface area (Å²) in [6, 6.07) is 9.51. The Bertz CT molecular complexity index is 887. The summed E-state index contributed by atoms with van der Waals surface area (Å²) in [5.41, 5.74) is 1.65. The Morgan fingerprint density at radius 2 is 1.76 bits per heavy atom. The van der Waals surface area contributed by atoms with Crippen LogP contribution in [0.25, 0.3) is 0 Å². The summed E-state index contributed by atoms with van der Waals surface area (Å²) in [6.07, 6.45) is 2.71. The van der Waals surface area contributed by atoms with E-state index in [0.717, 1.165) is 42.9 Å². The van der Waals surface area contributed by atoms with Gasteiger partial charge in [-0.2, -0.15) is 0 Å². The molecule has 4 rings (SSSR count). The third kappa shape index (κ3) is 3.64. The summed E-state index contributed by atoms with van der Waals surface area (Å²) < 4.78 is 27.0. The number of fused-ring (bicyclic) bond motifs is 1. The van der Waals surface area contributed by atoms with Gasteiger partial charge in [0.05, 0.1) is 21.3 Å². The topological polar surface area (TPSA) is 66.5 Å². The molecule has 1 unspecified atom stereocenters. The minimum Gasteiger partial charge on any atom is -0.493 e. The molecule has 1 atom stereocenters. The van der Waals surface area contributed by atoms with Gasteiger partial charge in [-0.25, -0.2) is 0 Å². The van der Waals surface area contributed by atoms with Gasteiger partial charge in [0.15, 0.2) is 23.0 Å². The second-order valence-electron chi connectivity index (χ2n) is 7.10. The molecule has 0 spiro atoms. The number of nitrogens with zero attached hydrogens (tertiary/aromatic N) is 1. The molecule has 7 heteroatoms. The molecular formula is C22H25NO6. The van der Waals surface area contributed by atoms with Crippen molar-refractivity contribution in [2.45, 2.75) is 25.3 Å². The summed E-state index contributed by atoms with van der Waals surface area (Å²) in [5, 5.41) is 0. The molecule has 0 saturated carbocycles. The van der Waals surface area contributed by atoms with E-state index in [9.17, 15) is 4.79 Å². The average molecular weight is 399 g/mol. The number of hydrogen-bond acceptors (Lipinski definition) is 6. The molecule has 2 heterocycles. The Labute approximate surface area is 170 Å². The van der Waals surface area contributed by atoms with Gasteiger partial charge in [0.2, 0.25) is 12.5 Å². The lowest BCUT2D eigenvalue weighted by Crippen LogP contribution is -2.36. The number of amides is 1. The summed E-state index contributed by atoms with van der Waals surface area (Å²) in [5.74, 6) is 2.93. The largest absolute Gasteiger partial charge is 0.493 e. The standard InChI is InChI=1S/C22H25NO6/c1-25-19-11-15(12-20(26-2)21(19)27-3)22(24)23-8-4-5-16(23)9-14-6-7-17-18(10-14)29-13-28-17/h6-7,10-12,16H,4-5,8-9,13H2,1-3H3. The van der Waals surface area contributed by atoms with Gasteiger partial charge in [0.1, 0.15) is 0 Å². The number of methoxy groups -OCH3 is 3. The van der Waals surface area contributed by atoms with Gasteiger partial charge in [0, 0.05) is 18.2 Å². The van der Waals surface area contributed by atoms with Crippen LogP contribution in [0.3, 0.4) is 0 Å². The van der Waals surface area contributed by atoms with Crippen LogP contribution in [0.1, 0.15) is 28.8 Å². The Balaban J connectivity index is 1.56. The molecule has 0 radical (unpaired) electrons. The van der Waals surface area contributed by atoms with Crippen molar-refractivity contribution in [1.29, 1.82) is 0 Å². The third-order valence-corrected chi connectivity index (χ3v) is 5.46. The molecule has 154 valence electrons. The van der Waals surface area contributed by atoms with Crippen molar-refractivity contribution >= 4 is 5.91 Å². The van der Waals surface area contributed by atoms with E-state index in [2.05, 4.69) is 0 Å². The van der Waals surface area contributed by atoms with Crippen LogP contribution in [-0.2, 0) is 6.42 Å². The van der Waals surface area contributed by atoms with Crippen LogP contribution < -0.4 is 23.7 Å². The highest BCUT2D eigenvalue weighted by Gasteiger charge is 2.31. The van der Waals surface area contributed by atoms with Crippen molar-refractivity contribution in [2.24, 2.45) is 0 Å². The first-order valence-electron chi connectivity index (χ1n) is 9.64. The van der Waals surface area contributed by atoms with Crippen molar-refractivity contribution in [2.75, 3.05) is 34.7 Å². The van der Waals surface area contributed by atoms with Crippen molar-refractivity contribution < 1.29 is 28.5 Å². The van der Waals surface area contributed by atoms with E-state index in [4.69, 9.17) is 23.7 Å². The number of ether oxygens (including phenoxy) is 5. The zero-order valence-electron chi connectivity index (χ0n) is 16.9. The Morgan fingerprint density at radius 3 is 2.45 bits per heavy atom. The second kappa shape index (κ2) is 8.11. The first kappa shape index (κ1) is 19.2. The molecule has 0 N–H and O–H groups in total. The Morgan fingerprint density at radius 1 is 1.03 bits per heavy atom. The molecule has 1 amide bonds. The van der Waals surface area contributed by atoms with E-state index in [1.165, 1.54) is 0 Å². The van der Waals surface area contributed by atoms with Crippen LogP contribution >= 0.6 is 0 Å². The van der Waals surface area contributed by atoms with Crippen molar-refractivity contribution in [3.63, 3.8) is 0 Å². The number of carbonyl (C=O) groups excluding carboxylic acids is 1. The molecule has 2 aromatic rings. The highest BCUT2D eigenvalue weighted by atomic mass is 16.7. The Hall–Kier alpha value is -3.09. The molecule has 1 saturated heterocycles. The molecule has 0 aliphatic carbocycles. The highest BCUT2D eigenvalue weighted by Crippen LogP contribution is 2.39. The molecule has 29 heavy (non-hydrogen) atoms. The number of likely N-dealkylation sites (tertiary alicyclic amines) is 1. The van der Waals surface area contributed by atoms with E-state index >= 15 is 0 Å². The number of rotatable bonds is 6. The van der Waals surface area contributed by atoms with Crippen LogP contribution in [0.4, 0.5) is 0 Å². The molecule has 7 nitrogen and oxygen atoms in total. The lowest BCUT2D eigenvalue weighted by atomic mass is 10.0. The normalized spacial score (nSPS) is 17.3. The minimum absolute atomic E-state index is 0.0347. The Kier molecular flexibility index (Phi) is 5.38. The van der Waals surface area contributed by atoms with Crippen LogP contribution in [0, 0.1) is 0 Å². The summed E-state index contributed by atoms with van der Waals surface area (Å²) in [4.78, 5) is 15.2. The zero-order valence-corrected chi connectivity index (χ0v) is 16.9. The third-order valence-electron chi connectivity index (χ3n) is 5.46. The summed E-state index contributed by atoms with van der Waals surface area (Å²) in [6.45, 7) is 0.985. The highest BCUT2D eigenvalue weighted by molar-refractivity contribution is 5.96. The van der Waals surface area contributed by atoms with E-state index in [-0.39, 0.29) is 18.7 Å². The SMILES string of the molecule is COc1cc(C(=O)N2CCCC2Cc2ccc3c(c2)OCO3)cc(OC)c1OC. The number of carbonyl (C=O) groups is 1. The van der Waals surface area contributed by atoms with Crippen LogP contribution in [0.15, 0.2) is 30.3 Å². The summed E-state index contributed by atoms with van der Waals surface area (Å²) in [7, 11) is 4.64. The summed E-state index contributed by atoms with van der Waals surface area (Å²) >= 11 is 0. The predicted octanol–water partition coefficient (Wildman–Crippen LogP) is 3.29. The second-order valence-corrected chi connectivity index (χ2v) is 7.10. The van der Waals surface area contributed by atoms with Crippen molar-refractivity contribution in [1.82, 2.24) is 4.90 Å². The zero-order chi connectivity index (χ0) is 20.4. The van der Waals surface area contributed by atoms with Crippen LogP contribution in [-0.4, -0.2) is 51.5 Å². The van der Waals surface area contributed by atoms with Crippen LogP contribution in [0.5, 0.6) is 28.7 Å². The van der Waals surface area contributed by atoms with E-state index < -0.39 is 0 Å². The molecule has 2 aliphatic rings. The maximum absolute atomic E-state index is 13.3. The van der Waals surface area contributed by atoms with Crippen molar-refractivity contribution in [3.05, 3.63) is 41.5 Å². The van der Waals surface area contributed by atoms with Gasteiger partial charge in [-0.1, -0.05) is 6.07 Å². The maximum Gasteiger partial charge on any atom is 0.254 e. The molecule has 0 bridgehead atoms. The first-order valence-corrected chi connectivity index (χ1v) is 9.64. The fraction of sp³-hybridized carbons (Fsp3) is 0.409. The first-order chi connectivity index (χ1) is 14.1. The number of hydrogen-bond donors (Lipinski definition) is 0. The average Bonchev–Trinajstić information content (AvgIpc) is 3.41. The maximum atomic E-state index is 13.3. The van der Waals surface area contributed by atoms with E-state index in [1.54, 1.807) is 33.5 Å². The van der Waals surface area contributed by atoms with Gasteiger partial charge in [0.25, 0.3) is 5.91 Å². The molecule has 2 aliphatic heterocycles.